The van der Waals surface area contributed by atoms with Gasteiger partial charge in [0.2, 0.25) is 5.91 Å². The van der Waals surface area contributed by atoms with Crippen LogP contribution in [0, 0.1) is 0 Å². The van der Waals surface area contributed by atoms with Crippen LogP contribution in [0.5, 0.6) is 5.75 Å². The quantitative estimate of drug-likeness (QED) is 0.227. The lowest BCUT2D eigenvalue weighted by molar-refractivity contribution is -0.189. The van der Waals surface area contributed by atoms with E-state index in [2.05, 4.69) is 11.5 Å². The molecule has 0 bridgehead atoms. The summed E-state index contributed by atoms with van der Waals surface area (Å²) in [6.07, 6.45) is 4.59. The molecule has 3 atom stereocenters. The van der Waals surface area contributed by atoms with Crippen molar-refractivity contribution < 1.29 is 23.9 Å². The molecule has 3 unspecified atom stereocenters. The molecule has 40 heavy (non-hydrogen) atoms. The minimum absolute atomic E-state index is 0.0312. The van der Waals surface area contributed by atoms with Crippen LogP contribution in [0.15, 0.2) is 55.1 Å². The van der Waals surface area contributed by atoms with Crippen LogP contribution >= 0.6 is 23.2 Å². The van der Waals surface area contributed by atoms with Gasteiger partial charge in [0.05, 0.1) is 16.5 Å². The van der Waals surface area contributed by atoms with Crippen molar-refractivity contribution in [3.63, 3.8) is 0 Å². The Morgan fingerprint density at radius 1 is 1.10 bits per heavy atom. The number of esters is 2. The van der Waals surface area contributed by atoms with E-state index in [1.807, 2.05) is 42.3 Å². The highest BCUT2D eigenvalue weighted by Crippen LogP contribution is 2.54. The highest BCUT2D eigenvalue weighted by atomic mass is 35.5. The third kappa shape index (κ3) is 6.22. The number of fused-ring (bicyclic) bond motifs is 1. The van der Waals surface area contributed by atoms with Crippen molar-refractivity contribution in [1.82, 2.24) is 9.80 Å². The fraction of sp³-hybridized carbons (Fsp3) is 0.452. The summed E-state index contributed by atoms with van der Waals surface area (Å²) < 4.78 is 11.7. The average molecular weight is 588 g/mol. The van der Waals surface area contributed by atoms with Gasteiger partial charge in [0, 0.05) is 45.4 Å². The van der Waals surface area contributed by atoms with Gasteiger partial charge in [-0.25, -0.2) is 0 Å². The second-order valence-corrected chi connectivity index (χ2v) is 11.7. The predicted octanol–water partition coefficient (Wildman–Crippen LogP) is 5.60. The van der Waals surface area contributed by atoms with Crippen molar-refractivity contribution in [2.75, 3.05) is 26.7 Å². The third-order valence-corrected chi connectivity index (χ3v) is 9.07. The smallest absolute Gasteiger partial charge is 0.308 e. The number of piperidine rings is 1. The third-order valence-electron chi connectivity index (χ3n) is 8.33. The molecule has 0 N–H and O–H groups in total. The molecule has 1 heterocycles. The molecular formula is C31H36Cl2N2O5. The minimum atomic E-state index is -0.820. The Morgan fingerprint density at radius 3 is 2.55 bits per heavy atom. The van der Waals surface area contributed by atoms with E-state index in [0.29, 0.717) is 54.6 Å². The molecule has 2 aromatic carbocycles. The van der Waals surface area contributed by atoms with Crippen LogP contribution in [0.25, 0.3) is 0 Å². The van der Waals surface area contributed by atoms with Crippen LogP contribution < -0.4 is 4.74 Å². The Bertz CT molecular complexity index is 1300. The molecule has 1 saturated carbocycles. The Hall–Kier alpha value is -2.87. The molecule has 7 nitrogen and oxygen atoms in total. The standard InChI is InChI=1S/C31H36Cl2N2O5/c1-5-14-35-15-13-30(24-7-6-8-26(18-24)39-21(2)36)19-25(11-12-31(30,20-35)40-22(3)37)34(4)29(38)17-23-9-10-27(32)28(33)16-23/h5-10,16,18,25H,1,11-15,17,19-20H2,2-4H3. The first-order valence-electron chi connectivity index (χ1n) is 13.5. The Kier molecular flexibility index (Phi) is 9.28. The largest absolute Gasteiger partial charge is 0.457 e. The van der Waals surface area contributed by atoms with E-state index in [-0.39, 0.29) is 24.3 Å². The SMILES string of the molecule is C=CCN1CCC2(c3cccc(OC(C)=O)c3)CC(N(C)C(=O)Cc3ccc(Cl)c(Cl)c3)CCC2(OC(C)=O)C1. The number of likely N-dealkylation sites (N-methyl/N-ethyl adjacent to an activating group) is 1. The van der Waals surface area contributed by atoms with Crippen molar-refractivity contribution in [2.24, 2.45) is 0 Å². The molecule has 4 rings (SSSR count). The summed E-state index contributed by atoms with van der Waals surface area (Å²) in [5, 5.41) is 0.859. The molecule has 0 aromatic heterocycles. The van der Waals surface area contributed by atoms with Crippen LogP contribution in [0.1, 0.15) is 50.7 Å². The molecule has 1 aliphatic carbocycles. The first kappa shape index (κ1) is 30.1. The summed E-state index contributed by atoms with van der Waals surface area (Å²) in [6.45, 7) is 8.70. The van der Waals surface area contributed by atoms with E-state index in [0.717, 1.165) is 17.7 Å². The number of nitrogens with zero attached hydrogens (tertiary/aromatic N) is 2. The zero-order valence-corrected chi connectivity index (χ0v) is 24.8. The Morgan fingerprint density at radius 2 is 1.88 bits per heavy atom. The number of carbonyl (C=O) groups is 3. The predicted molar refractivity (Wildman–Crippen MR) is 156 cm³/mol. The van der Waals surface area contributed by atoms with Gasteiger partial charge in [-0.2, -0.15) is 0 Å². The number of amides is 1. The Labute approximate surface area is 246 Å². The summed E-state index contributed by atoms with van der Waals surface area (Å²) in [6, 6.07) is 12.6. The summed E-state index contributed by atoms with van der Waals surface area (Å²) in [5.41, 5.74) is 0.297. The van der Waals surface area contributed by atoms with E-state index in [1.54, 1.807) is 18.2 Å². The number of hydrogen-bond acceptors (Lipinski definition) is 6. The lowest BCUT2D eigenvalue weighted by Gasteiger charge is -2.60. The number of ether oxygens (including phenoxy) is 2. The summed E-state index contributed by atoms with van der Waals surface area (Å²) in [7, 11) is 1.83. The molecule has 9 heteroatoms. The molecule has 0 spiro atoms. The Balaban J connectivity index is 1.71. The zero-order chi connectivity index (χ0) is 29.1. The van der Waals surface area contributed by atoms with E-state index < -0.39 is 17.0 Å². The van der Waals surface area contributed by atoms with Crippen molar-refractivity contribution in [2.45, 2.75) is 63.0 Å². The lowest BCUT2D eigenvalue weighted by Crippen LogP contribution is -2.68. The minimum Gasteiger partial charge on any atom is -0.457 e. The fourth-order valence-electron chi connectivity index (χ4n) is 6.50. The molecule has 214 valence electrons. The maximum Gasteiger partial charge on any atom is 0.308 e. The number of hydrogen-bond donors (Lipinski definition) is 0. The molecule has 1 saturated heterocycles. The summed E-state index contributed by atoms with van der Waals surface area (Å²) in [5.74, 6) is -0.341. The van der Waals surface area contributed by atoms with Crippen LogP contribution in [0.3, 0.4) is 0 Å². The topological polar surface area (TPSA) is 76.2 Å². The molecule has 1 amide bonds. The number of halogens is 2. The van der Waals surface area contributed by atoms with Gasteiger partial charge in [0.15, 0.2) is 0 Å². The summed E-state index contributed by atoms with van der Waals surface area (Å²) in [4.78, 5) is 41.9. The zero-order valence-electron chi connectivity index (χ0n) is 23.3. The van der Waals surface area contributed by atoms with Crippen LogP contribution in [0.4, 0.5) is 0 Å². The fourth-order valence-corrected chi connectivity index (χ4v) is 6.83. The van der Waals surface area contributed by atoms with Gasteiger partial charge in [0.25, 0.3) is 0 Å². The van der Waals surface area contributed by atoms with Crippen molar-refractivity contribution in [1.29, 1.82) is 0 Å². The first-order valence-corrected chi connectivity index (χ1v) is 14.3. The second-order valence-electron chi connectivity index (χ2n) is 10.9. The van der Waals surface area contributed by atoms with E-state index in [4.69, 9.17) is 32.7 Å². The van der Waals surface area contributed by atoms with Gasteiger partial charge >= 0.3 is 11.9 Å². The summed E-state index contributed by atoms with van der Waals surface area (Å²) >= 11 is 12.2. The lowest BCUT2D eigenvalue weighted by atomic mass is 9.55. The van der Waals surface area contributed by atoms with Crippen molar-refractivity contribution in [3.8, 4) is 5.75 Å². The molecular weight excluding hydrogens is 551 g/mol. The van der Waals surface area contributed by atoms with E-state index >= 15 is 0 Å². The maximum absolute atomic E-state index is 13.5. The highest BCUT2D eigenvalue weighted by Gasteiger charge is 2.61. The van der Waals surface area contributed by atoms with Gasteiger partial charge in [-0.05, 0) is 67.6 Å². The van der Waals surface area contributed by atoms with Crippen LogP contribution in [-0.2, 0) is 31.0 Å². The van der Waals surface area contributed by atoms with Gasteiger partial charge in [-0.1, -0.05) is 47.5 Å². The average Bonchev–Trinajstić information content (AvgIpc) is 2.89. The molecule has 2 aliphatic rings. The first-order chi connectivity index (χ1) is 19.0. The normalized spacial score (nSPS) is 24.5. The second kappa shape index (κ2) is 12.3. The molecule has 0 radical (unpaired) electrons. The van der Waals surface area contributed by atoms with Crippen molar-refractivity contribution in [3.05, 3.63) is 76.3 Å². The number of rotatable bonds is 8. The maximum atomic E-state index is 13.5. The van der Waals surface area contributed by atoms with Crippen LogP contribution in [-0.4, -0.2) is 66.0 Å². The molecule has 1 aliphatic heterocycles. The highest BCUT2D eigenvalue weighted by molar-refractivity contribution is 6.42. The van der Waals surface area contributed by atoms with Crippen molar-refractivity contribution >= 4 is 41.0 Å². The van der Waals surface area contributed by atoms with Gasteiger partial charge in [0.1, 0.15) is 11.4 Å². The monoisotopic (exact) mass is 586 g/mol. The molecule has 2 fully saturated rings. The number of carbonyl (C=O) groups excluding carboxylic acids is 3. The van der Waals surface area contributed by atoms with Gasteiger partial charge in [-0.3, -0.25) is 19.3 Å². The van der Waals surface area contributed by atoms with Gasteiger partial charge < -0.3 is 14.4 Å². The van der Waals surface area contributed by atoms with Crippen LogP contribution in [0.2, 0.25) is 10.0 Å². The molecule has 2 aromatic rings. The van der Waals surface area contributed by atoms with E-state index in [9.17, 15) is 14.4 Å². The van der Waals surface area contributed by atoms with Gasteiger partial charge in [-0.15, -0.1) is 6.58 Å². The number of likely N-dealkylation sites (tertiary alicyclic amines) is 1. The van der Waals surface area contributed by atoms with E-state index in [1.165, 1.54) is 13.8 Å². The number of benzene rings is 2.